The van der Waals surface area contributed by atoms with E-state index in [0.29, 0.717) is 0 Å². The molecule has 0 N–H and O–H groups in total. The Hall–Kier alpha value is -0.661. The van der Waals surface area contributed by atoms with Crippen LogP contribution in [0.1, 0.15) is 22.6 Å². The van der Waals surface area contributed by atoms with Gasteiger partial charge in [-0.3, -0.25) is 0 Å². The molecule has 0 aromatic carbocycles. The van der Waals surface area contributed by atoms with Gasteiger partial charge in [0.05, 0.1) is 0 Å². The van der Waals surface area contributed by atoms with Crippen molar-refractivity contribution in [2.75, 3.05) is 0 Å². The van der Waals surface area contributed by atoms with Crippen LogP contribution < -0.4 is 0 Å². The van der Waals surface area contributed by atoms with E-state index >= 15 is 0 Å². The van der Waals surface area contributed by atoms with Gasteiger partial charge in [0.25, 0.3) is 0 Å². The van der Waals surface area contributed by atoms with Gasteiger partial charge in [0.2, 0.25) is 0 Å². The average Bonchev–Trinajstić information content (AvgIpc) is 2.35. The van der Waals surface area contributed by atoms with Crippen LogP contribution in [0.25, 0.3) is 0 Å². The van der Waals surface area contributed by atoms with Gasteiger partial charge in [-0.1, -0.05) is 0 Å². The Labute approximate surface area is 71.0 Å². The predicted molar refractivity (Wildman–Crippen MR) is 43.0 cm³/mol. The fourth-order valence-corrected chi connectivity index (χ4v) is 2.14. The van der Waals surface area contributed by atoms with Crippen LogP contribution in [0, 0.1) is 0 Å². The maximum atomic E-state index is 11.1. The van der Waals surface area contributed by atoms with Crippen molar-refractivity contribution < 1.29 is 9.59 Å². The molecule has 2 nitrogen and oxygen atoms in total. The number of hydrogen-bond acceptors (Lipinski definition) is 2. The van der Waals surface area contributed by atoms with E-state index in [2.05, 4.69) is 0 Å². The van der Waals surface area contributed by atoms with Gasteiger partial charge in [-0.05, 0) is 0 Å². The Bertz CT molecular complexity index is 262. The first-order valence-corrected chi connectivity index (χ1v) is 5.11. The van der Waals surface area contributed by atoms with Gasteiger partial charge in [-0.25, -0.2) is 0 Å². The van der Waals surface area contributed by atoms with Crippen LogP contribution in [0.3, 0.4) is 0 Å². The monoisotopic (exact) mass is 216 g/mol. The number of carbonyl (C=O) groups is 2. The molecule has 0 aliphatic rings. The normalized spacial score (nSPS) is 9.55. The van der Waals surface area contributed by atoms with Gasteiger partial charge in [0.1, 0.15) is 0 Å². The van der Waals surface area contributed by atoms with E-state index < -0.39 is 0 Å². The second-order valence-electron chi connectivity index (χ2n) is 2.28. The number of carbonyl (C=O) groups excluding carboxylic acids is 2. The number of Topliss-reactive ketones (excluding diaryl/α,β-unsaturated/α-hetero) is 2. The summed E-state index contributed by atoms with van der Waals surface area (Å²) in [6.45, 7) is 1.44. The fraction of sp³-hybridized carbons (Fsp3) is 0.250. The zero-order valence-corrected chi connectivity index (χ0v) is 7.88. The zero-order chi connectivity index (χ0) is 8.27. The molecule has 0 spiro atoms. The first kappa shape index (κ1) is 8.44. The van der Waals surface area contributed by atoms with Crippen molar-refractivity contribution in [2.45, 2.75) is 13.3 Å². The second kappa shape index (κ2) is 3.65. The van der Waals surface area contributed by atoms with E-state index in [1.54, 1.807) is 6.07 Å². The Morgan fingerprint density at radius 1 is 1.55 bits per heavy atom. The molecule has 1 aromatic heterocycles. The number of hydrogen-bond donors (Lipinski definition) is 0. The van der Waals surface area contributed by atoms with E-state index in [0.717, 1.165) is 4.44 Å². The summed E-state index contributed by atoms with van der Waals surface area (Å²) in [5.41, 5.74) is 0. The Morgan fingerprint density at radius 2 is 2.27 bits per heavy atom. The molecule has 0 saturated heterocycles. The molecular formula is C8H8O2Se. The van der Waals surface area contributed by atoms with Crippen LogP contribution in [0.5, 0.6) is 0 Å². The maximum absolute atomic E-state index is 11.1. The molecule has 1 rings (SSSR count). The fourth-order valence-electron chi connectivity index (χ4n) is 0.750. The first-order valence-electron chi connectivity index (χ1n) is 3.26. The Balaban J connectivity index is 2.64. The summed E-state index contributed by atoms with van der Waals surface area (Å²) in [6, 6.07) is 3.67. The molecular weight excluding hydrogens is 207 g/mol. The molecule has 0 atom stereocenters. The van der Waals surface area contributed by atoms with E-state index in [1.165, 1.54) is 6.92 Å². The first-order chi connectivity index (χ1) is 5.20. The van der Waals surface area contributed by atoms with Crippen LogP contribution in [-0.2, 0) is 4.79 Å². The van der Waals surface area contributed by atoms with Gasteiger partial charge >= 0.3 is 70.5 Å². The predicted octanol–water partition coefficient (Wildman–Crippen LogP) is 0.905. The van der Waals surface area contributed by atoms with Crippen LogP contribution in [0.2, 0.25) is 0 Å². The summed E-state index contributed by atoms with van der Waals surface area (Å²) in [4.78, 5) is 23.7. The van der Waals surface area contributed by atoms with Crippen molar-refractivity contribution in [3.63, 3.8) is 0 Å². The molecule has 0 bridgehead atoms. The summed E-state index contributed by atoms with van der Waals surface area (Å²) in [5.74, 6) is -0.0684. The van der Waals surface area contributed by atoms with E-state index in [1.807, 2.05) is 11.0 Å². The molecule has 0 radical (unpaired) electrons. The minimum absolute atomic E-state index is 0.0116. The topological polar surface area (TPSA) is 34.1 Å². The molecule has 0 amide bonds. The van der Waals surface area contributed by atoms with Crippen molar-refractivity contribution in [2.24, 2.45) is 0 Å². The van der Waals surface area contributed by atoms with Crippen molar-refractivity contribution in [1.29, 1.82) is 0 Å². The van der Waals surface area contributed by atoms with Crippen molar-refractivity contribution in [1.82, 2.24) is 0 Å². The van der Waals surface area contributed by atoms with Crippen LogP contribution in [0.15, 0.2) is 17.1 Å². The van der Waals surface area contributed by atoms with Crippen molar-refractivity contribution >= 4 is 26.1 Å². The summed E-state index contributed by atoms with van der Waals surface area (Å²) >= 11 is 0.173. The summed E-state index contributed by atoms with van der Waals surface area (Å²) in [5, 5.41) is 0. The molecule has 1 aromatic rings. The molecule has 58 valence electrons. The van der Waals surface area contributed by atoms with Gasteiger partial charge in [-0.2, -0.15) is 0 Å². The average molecular weight is 215 g/mol. The van der Waals surface area contributed by atoms with Gasteiger partial charge < -0.3 is 0 Å². The summed E-state index contributed by atoms with van der Waals surface area (Å²) in [6.07, 6.45) is 0.0647. The number of ketones is 2. The molecule has 11 heavy (non-hydrogen) atoms. The second-order valence-corrected chi connectivity index (χ2v) is 4.27. The quantitative estimate of drug-likeness (QED) is 0.426. The standard InChI is InChI=1S/C8H8O2Se/c1-6(9)5-7(10)8-3-2-4-11-8/h2-4H,5H2,1H3. The minimum atomic E-state index is -0.0569. The Morgan fingerprint density at radius 3 is 2.73 bits per heavy atom. The molecule has 0 fully saturated rings. The number of rotatable bonds is 3. The van der Waals surface area contributed by atoms with E-state index in [-0.39, 0.29) is 32.5 Å². The zero-order valence-electron chi connectivity index (χ0n) is 6.16. The molecule has 3 heteroatoms. The third-order valence-corrected chi connectivity index (χ3v) is 3.12. The summed E-state index contributed by atoms with van der Waals surface area (Å²) in [7, 11) is 0. The van der Waals surface area contributed by atoms with Crippen molar-refractivity contribution in [3.05, 3.63) is 21.5 Å². The van der Waals surface area contributed by atoms with Crippen LogP contribution >= 0.6 is 0 Å². The summed E-state index contributed by atoms with van der Waals surface area (Å²) < 4.78 is 0.813. The van der Waals surface area contributed by atoms with Gasteiger partial charge in [0.15, 0.2) is 0 Å². The SMILES string of the molecule is CC(=O)CC(=O)c1ccc[se]1. The van der Waals surface area contributed by atoms with E-state index in [4.69, 9.17) is 0 Å². The Kier molecular flexibility index (Phi) is 2.80. The molecule has 0 aliphatic heterocycles. The van der Waals surface area contributed by atoms with Crippen LogP contribution in [0.4, 0.5) is 0 Å². The third kappa shape index (κ3) is 2.45. The molecule has 0 aliphatic carbocycles. The third-order valence-electron chi connectivity index (χ3n) is 1.21. The molecule has 1 heterocycles. The van der Waals surface area contributed by atoms with E-state index in [9.17, 15) is 9.59 Å². The molecule has 0 unspecified atom stereocenters. The van der Waals surface area contributed by atoms with Crippen molar-refractivity contribution in [3.8, 4) is 0 Å². The molecule has 0 saturated carbocycles. The van der Waals surface area contributed by atoms with Crippen LogP contribution in [-0.4, -0.2) is 26.1 Å². The van der Waals surface area contributed by atoms with Gasteiger partial charge in [0, 0.05) is 0 Å². The van der Waals surface area contributed by atoms with Gasteiger partial charge in [-0.15, -0.1) is 0 Å².